The van der Waals surface area contributed by atoms with Gasteiger partial charge < -0.3 is 19.5 Å². The van der Waals surface area contributed by atoms with Crippen LogP contribution in [0.25, 0.3) is 22.0 Å². The molecule has 0 atom stereocenters. The minimum absolute atomic E-state index is 0.00394. The number of rotatable bonds is 6. The third-order valence-electron chi connectivity index (χ3n) is 5.01. The lowest BCUT2D eigenvalue weighted by Crippen LogP contribution is -2.30. The zero-order chi connectivity index (χ0) is 23.1. The number of hydrogen-bond acceptors (Lipinski definition) is 3. The number of benzene rings is 2. The van der Waals surface area contributed by atoms with Crippen LogP contribution in [0.2, 0.25) is 0 Å². The molecule has 0 spiro atoms. The van der Waals surface area contributed by atoms with Crippen LogP contribution in [0, 0.1) is 5.82 Å². The monoisotopic (exact) mass is 439 g/mol. The number of nitrogens with zero attached hydrogens (tertiary/aromatic N) is 1. The molecule has 0 aliphatic carbocycles. The number of carboxylic acids is 1. The number of fused-ring (bicyclic) bond motifs is 1. The maximum absolute atomic E-state index is 14.1. The molecule has 2 aromatic carbocycles. The molecule has 3 rings (SSSR count). The van der Waals surface area contributed by atoms with E-state index in [0.717, 1.165) is 16.7 Å². The second-order valence-electron chi connectivity index (χ2n) is 7.94. The fourth-order valence-corrected chi connectivity index (χ4v) is 3.96. The SMILES string of the molecule is COCC(C)(C)c1c(-c2ccc(C(=O)O)cc2)c2c(O)cc(F)cc2n1CC(F)(F)F. The fourth-order valence-electron chi connectivity index (χ4n) is 3.96. The predicted octanol–water partition coefficient (Wildman–Crippen LogP) is 5.34. The highest BCUT2D eigenvalue weighted by Gasteiger charge is 2.37. The summed E-state index contributed by atoms with van der Waals surface area (Å²) in [4.78, 5) is 11.2. The van der Waals surface area contributed by atoms with Crippen LogP contribution in [0.1, 0.15) is 29.9 Å². The summed E-state index contributed by atoms with van der Waals surface area (Å²) in [6.07, 6.45) is -4.61. The van der Waals surface area contributed by atoms with Crippen molar-refractivity contribution in [1.82, 2.24) is 4.57 Å². The third-order valence-corrected chi connectivity index (χ3v) is 5.01. The number of aromatic carboxylic acids is 1. The Balaban J connectivity index is 2.47. The first-order valence-electron chi connectivity index (χ1n) is 9.30. The molecule has 31 heavy (non-hydrogen) atoms. The van der Waals surface area contributed by atoms with Crippen LogP contribution in [-0.4, -0.2) is 40.6 Å². The Hall–Kier alpha value is -3.07. The van der Waals surface area contributed by atoms with Crippen molar-refractivity contribution in [1.29, 1.82) is 0 Å². The van der Waals surface area contributed by atoms with Gasteiger partial charge in [-0.1, -0.05) is 26.0 Å². The van der Waals surface area contributed by atoms with Gasteiger partial charge in [0.15, 0.2) is 0 Å². The highest BCUT2D eigenvalue weighted by atomic mass is 19.4. The summed E-state index contributed by atoms with van der Waals surface area (Å²) >= 11 is 0. The van der Waals surface area contributed by atoms with Gasteiger partial charge in [-0.25, -0.2) is 9.18 Å². The summed E-state index contributed by atoms with van der Waals surface area (Å²) in [5.74, 6) is -2.55. The van der Waals surface area contributed by atoms with Gasteiger partial charge in [0, 0.05) is 35.2 Å². The quantitative estimate of drug-likeness (QED) is 0.509. The fraction of sp³-hybridized carbons (Fsp3) is 0.318. The highest BCUT2D eigenvalue weighted by Crippen LogP contribution is 2.46. The minimum Gasteiger partial charge on any atom is -0.507 e. The molecule has 166 valence electrons. The number of ether oxygens (including phenoxy) is 1. The topological polar surface area (TPSA) is 71.7 Å². The molecule has 9 heteroatoms. The average molecular weight is 439 g/mol. The Morgan fingerprint density at radius 2 is 1.74 bits per heavy atom. The minimum atomic E-state index is -4.61. The Morgan fingerprint density at radius 3 is 2.26 bits per heavy atom. The number of hydrogen-bond donors (Lipinski definition) is 2. The molecule has 3 aromatic rings. The van der Waals surface area contributed by atoms with Crippen molar-refractivity contribution in [2.45, 2.75) is 32.0 Å². The molecule has 1 aromatic heterocycles. The van der Waals surface area contributed by atoms with Gasteiger partial charge in [-0.2, -0.15) is 13.2 Å². The summed E-state index contributed by atoms with van der Waals surface area (Å²) in [5, 5.41) is 19.7. The Kier molecular flexibility index (Phi) is 5.75. The van der Waals surface area contributed by atoms with Crippen LogP contribution in [0.3, 0.4) is 0 Å². The summed E-state index contributed by atoms with van der Waals surface area (Å²) in [7, 11) is 1.41. The van der Waals surface area contributed by atoms with Gasteiger partial charge in [-0.3, -0.25) is 0 Å². The molecule has 0 radical (unpaired) electrons. The van der Waals surface area contributed by atoms with E-state index in [-0.39, 0.29) is 34.3 Å². The van der Waals surface area contributed by atoms with Crippen LogP contribution >= 0.6 is 0 Å². The molecule has 0 aliphatic rings. The van der Waals surface area contributed by atoms with E-state index in [1.165, 1.54) is 31.4 Å². The van der Waals surface area contributed by atoms with E-state index in [2.05, 4.69) is 0 Å². The first-order valence-corrected chi connectivity index (χ1v) is 9.30. The molecular formula is C22H21F4NO4. The second-order valence-corrected chi connectivity index (χ2v) is 7.94. The van der Waals surface area contributed by atoms with Crippen LogP contribution in [0.5, 0.6) is 5.75 Å². The third kappa shape index (κ3) is 4.36. The van der Waals surface area contributed by atoms with Gasteiger partial charge in [-0.05, 0) is 23.8 Å². The van der Waals surface area contributed by atoms with E-state index in [4.69, 9.17) is 9.84 Å². The van der Waals surface area contributed by atoms with Crippen molar-refractivity contribution >= 4 is 16.9 Å². The number of carbonyl (C=O) groups is 1. The zero-order valence-electron chi connectivity index (χ0n) is 17.0. The van der Waals surface area contributed by atoms with E-state index in [0.29, 0.717) is 5.56 Å². The summed E-state index contributed by atoms with van der Waals surface area (Å²) in [6, 6.07) is 7.32. The number of phenolic OH excluding ortho intramolecular Hbond substituents is 1. The Labute approximate surface area is 175 Å². The predicted molar refractivity (Wildman–Crippen MR) is 107 cm³/mol. The molecule has 5 nitrogen and oxygen atoms in total. The van der Waals surface area contributed by atoms with Crippen molar-refractivity contribution in [2.24, 2.45) is 0 Å². The van der Waals surface area contributed by atoms with Crippen LogP contribution in [0.15, 0.2) is 36.4 Å². The first-order chi connectivity index (χ1) is 14.4. The number of methoxy groups -OCH3 is 1. The number of phenols is 1. The van der Waals surface area contributed by atoms with Gasteiger partial charge in [0.25, 0.3) is 0 Å². The average Bonchev–Trinajstić information content (AvgIpc) is 2.95. The van der Waals surface area contributed by atoms with Gasteiger partial charge in [0.1, 0.15) is 18.1 Å². The molecule has 2 N–H and O–H groups in total. The summed E-state index contributed by atoms with van der Waals surface area (Å²) < 4.78 is 60.8. The number of aromatic nitrogens is 1. The maximum Gasteiger partial charge on any atom is 0.406 e. The van der Waals surface area contributed by atoms with E-state index >= 15 is 0 Å². The highest BCUT2D eigenvalue weighted by molar-refractivity contribution is 6.03. The normalized spacial score (nSPS) is 12.5. The number of carboxylic acid groups (broad SMARTS) is 1. The maximum atomic E-state index is 14.1. The second kappa shape index (κ2) is 7.88. The largest absolute Gasteiger partial charge is 0.507 e. The van der Waals surface area contributed by atoms with Crippen molar-refractivity contribution in [2.75, 3.05) is 13.7 Å². The van der Waals surface area contributed by atoms with Gasteiger partial charge in [-0.15, -0.1) is 0 Å². The number of alkyl halides is 3. The lowest BCUT2D eigenvalue weighted by atomic mass is 9.84. The molecule has 0 unspecified atom stereocenters. The Morgan fingerprint density at radius 1 is 1.13 bits per heavy atom. The van der Waals surface area contributed by atoms with Crippen LogP contribution in [0.4, 0.5) is 17.6 Å². The molecule has 0 bridgehead atoms. The van der Waals surface area contributed by atoms with Crippen molar-refractivity contribution in [3.8, 4) is 16.9 Å². The van der Waals surface area contributed by atoms with Crippen molar-refractivity contribution < 1.29 is 37.3 Å². The van der Waals surface area contributed by atoms with Gasteiger partial charge in [0.05, 0.1) is 17.7 Å². The molecule has 1 heterocycles. The van der Waals surface area contributed by atoms with Crippen molar-refractivity contribution in [3.63, 3.8) is 0 Å². The number of aromatic hydroxyl groups is 1. The lowest BCUT2D eigenvalue weighted by molar-refractivity contribution is -0.140. The van der Waals surface area contributed by atoms with E-state index < -0.39 is 35.7 Å². The molecule has 0 saturated heterocycles. The van der Waals surface area contributed by atoms with E-state index in [1.54, 1.807) is 13.8 Å². The van der Waals surface area contributed by atoms with Crippen LogP contribution < -0.4 is 0 Å². The van der Waals surface area contributed by atoms with Crippen LogP contribution in [-0.2, 0) is 16.7 Å². The molecule has 0 fully saturated rings. The summed E-state index contributed by atoms with van der Waals surface area (Å²) in [6.45, 7) is 2.01. The zero-order valence-corrected chi connectivity index (χ0v) is 17.0. The van der Waals surface area contributed by atoms with E-state index in [1.807, 2.05) is 0 Å². The molecular weight excluding hydrogens is 418 g/mol. The van der Waals surface area contributed by atoms with Gasteiger partial charge in [0.2, 0.25) is 0 Å². The molecule has 0 saturated carbocycles. The standard InChI is InChI=1S/C22H21F4NO4/c1-21(2,11-31-3)19-17(12-4-6-13(7-5-12)20(29)30)18-15(8-14(23)9-16(18)28)27(19)10-22(24,25)26/h4-9,28H,10-11H2,1-3H3,(H,29,30). The summed E-state index contributed by atoms with van der Waals surface area (Å²) in [5.41, 5.74) is -0.261. The van der Waals surface area contributed by atoms with Crippen molar-refractivity contribution in [3.05, 3.63) is 53.5 Å². The smallest absolute Gasteiger partial charge is 0.406 e. The lowest BCUT2D eigenvalue weighted by Gasteiger charge is -2.28. The first kappa shape index (κ1) is 22.6. The molecule has 0 amide bonds. The molecule has 0 aliphatic heterocycles. The Bertz CT molecular complexity index is 1130. The van der Waals surface area contributed by atoms with Gasteiger partial charge >= 0.3 is 12.1 Å². The van der Waals surface area contributed by atoms with E-state index in [9.17, 15) is 27.5 Å². The number of halogens is 4.